The molecule has 1 amide bonds. The zero-order valence-corrected chi connectivity index (χ0v) is 17.2. The molecule has 2 N–H and O–H groups in total. The fraction of sp³-hybridized carbons (Fsp3) is 0.211. The van der Waals surface area contributed by atoms with Crippen LogP contribution in [0.2, 0.25) is 5.02 Å². The van der Waals surface area contributed by atoms with Crippen molar-refractivity contribution in [1.29, 1.82) is 0 Å². The molecule has 10 heteroatoms. The number of carbonyl (C=O) groups excluding carboxylic acids is 1. The molecule has 2 aromatic carbocycles. The number of benzene rings is 2. The largest absolute Gasteiger partial charge is 0.350 e. The van der Waals surface area contributed by atoms with E-state index in [0.717, 1.165) is 11.3 Å². The number of hydrogen-bond donors (Lipinski definition) is 2. The van der Waals surface area contributed by atoms with E-state index < -0.39 is 10.0 Å². The summed E-state index contributed by atoms with van der Waals surface area (Å²) in [6.45, 7) is 1.84. The van der Waals surface area contributed by atoms with Crippen LogP contribution >= 0.6 is 11.6 Å². The van der Waals surface area contributed by atoms with E-state index in [1.54, 1.807) is 23.1 Å². The van der Waals surface area contributed by atoms with Gasteiger partial charge in [-0.15, -0.1) is 0 Å². The van der Waals surface area contributed by atoms with Crippen molar-refractivity contribution in [1.82, 2.24) is 24.8 Å². The van der Waals surface area contributed by atoms with E-state index in [0.29, 0.717) is 5.02 Å². The smallest absolute Gasteiger partial charge is 0.240 e. The molecule has 0 spiro atoms. The van der Waals surface area contributed by atoms with Crippen LogP contribution in [0.25, 0.3) is 5.69 Å². The molecule has 0 saturated carbocycles. The Bertz CT molecular complexity index is 1070. The first-order chi connectivity index (χ1) is 13.8. The molecule has 0 radical (unpaired) electrons. The lowest BCUT2D eigenvalue weighted by atomic mass is 10.1. The van der Waals surface area contributed by atoms with Crippen LogP contribution in [-0.4, -0.2) is 35.6 Å². The number of hydrogen-bond acceptors (Lipinski definition) is 5. The molecule has 152 valence electrons. The van der Waals surface area contributed by atoms with E-state index >= 15 is 0 Å². The third-order valence-electron chi connectivity index (χ3n) is 4.20. The molecule has 0 aliphatic rings. The third-order valence-corrected chi connectivity index (χ3v) is 5.90. The Kier molecular flexibility index (Phi) is 6.63. The van der Waals surface area contributed by atoms with Gasteiger partial charge < -0.3 is 5.32 Å². The van der Waals surface area contributed by atoms with Gasteiger partial charge in [0.2, 0.25) is 15.9 Å². The predicted molar refractivity (Wildman–Crippen MR) is 109 cm³/mol. The van der Waals surface area contributed by atoms with Gasteiger partial charge in [-0.05, 0) is 42.8 Å². The summed E-state index contributed by atoms with van der Waals surface area (Å²) in [4.78, 5) is 16.1. The Hall–Kier alpha value is -2.75. The maximum atomic E-state index is 12.2. The SMILES string of the molecule is CC(NC(=O)CCNS(=O)(=O)c1cccc(Cl)c1)c1ccc(-n2cncn2)cc1. The second-order valence-corrected chi connectivity index (χ2v) is 8.53. The number of aromatic nitrogens is 3. The molecule has 1 aromatic heterocycles. The van der Waals surface area contributed by atoms with Gasteiger partial charge in [0.1, 0.15) is 12.7 Å². The van der Waals surface area contributed by atoms with Crippen LogP contribution in [0.5, 0.6) is 0 Å². The van der Waals surface area contributed by atoms with Crippen molar-refractivity contribution in [3.05, 3.63) is 71.8 Å². The summed E-state index contributed by atoms with van der Waals surface area (Å²) in [5.74, 6) is -0.258. The van der Waals surface area contributed by atoms with Crippen LogP contribution in [0.3, 0.4) is 0 Å². The van der Waals surface area contributed by atoms with E-state index in [-0.39, 0.29) is 29.8 Å². The Morgan fingerprint density at radius 1 is 1.21 bits per heavy atom. The predicted octanol–water partition coefficient (Wildman–Crippen LogP) is 2.47. The topological polar surface area (TPSA) is 106 Å². The number of halogens is 1. The molecule has 1 atom stereocenters. The van der Waals surface area contributed by atoms with Crippen molar-refractivity contribution < 1.29 is 13.2 Å². The quantitative estimate of drug-likeness (QED) is 0.567. The van der Waals surface area contributed by atoms with Crippen LogP contribution in [0, 0.1) is 0 Å². The second-order valence-electron chi connectivity index (χ2n) is 6.33. The average molecular weight is 434 g/mol. The molecule has 3 rings (SSSR count). The highest BCUT2D eigenvalue weighted by atomic mass is 35.5. The van der Waals surface area contributed by atoms with Gasteiger partial charge in [0.25, 0.3) is 0 Å². The van der Waals surface area contributed by atoms with Gasteiger partial charge in [-0.25, -0.2) is 22.8 Å². The van der Waals surface area contributed by atoms with Crippen LogP contribution in [0.1, 0.15) is 24.9 Å². The van der Waals surface area contributed by atoms with Crippen LogP contribution in [-0.2, 0) is 14.8 Å². The average Bonchev–Trinajstić information content (AvgIpc) is 3.23. The lowest BCUT2D eigenvalue weighted by Gasteiger charge is -2.15. The Morgan fingerprint density at radius 2 is 1.97 bits per heavy atom. The summed E-state index contributed by atoms with van der Waals surface area (Å²) in [6, 6.07) is 13.3. The lowest BCUT2D eigenvalue weighted by Crippen LogP contribution is -2.32. The van der Waals surface area contributed by atoms with Gasteiger partial charge in [-0.1, -0.05) is 29.8 Å². The first kappa shape index (κ1) is 21.0. The molecule has 1 heterocycles. The van der Waals surface area contributed by atoms with Crippen molar-refractivity contribution in [2.24, 2.45) is 0 Å². The molecule has 0 aliphatic heterocycles. The number of carbonyl (C=O) groups is 1. The van der Waals surface area contributed by atoms with E-state index in [1.165, 1.54) is 18.5 Å². The molecule has 0 fully saturated rings. The van der Waals surface area contributed by atoms with Gasteiger partial charge in [-0.3, -0.25) is 4.79 Å². The number of nitrogens with zero attached hydrogens (tertiary/aromatic N) is 3. The lowest BCUT2D eigenvalue weighted by molar-refractivity contribution is -0.121. The molecule has 3 aromatic rings. The fourth-order valence-corrected chi connectivity index (χ4v) is 4.00. The second kappa shape index (κ2) is 9.17. The first-order valence-electron chi connectivity index (χ1n) is 8.85. The van der Waals surface area contributed by atoms with Gasteiger partial charge in [-0.2, -0.15) is 5.10 Å². The van der Waals surface area contributed by atoms with Crippen molar-refractivity contribution in [2.75, 3.05) is 6.54 Å². The van der Waals surface area contributed by atoms with E-state index in [2.05, 4.69) is 20.1 Å². The van der Waals surface area contributed by atoms with Gasteiger partial charge >= 0.3 is 0 Å². The van der Waals surface area contributed by atoms with Crippen molar-refractivity contribution in [3.8, 4) is 5.69 Å². The molecule has 1 unspecified atom stereocenters. The minimum absolute atomic E-state index is 0.0151. The summed E-state index contributed by atoms with van der Waals surface area (Å²) in [5.41, 5.74) is 1.78. The molecule has 0 aliphatic carbocycles. The highest BCUT2D eigenvalue weighted by Gasteiger charge is 2.15. The molecular weight excluding hydrogens is 414 g/mol. The molecular formula is C19H20ClN5O3S. The van der Waals surface area contributed by atoms with Crippen LogP contribution < -0.4 is 10.0 Å². The maximum Gasteiger partial charge on any atom is 0.240 e. The Balaban J connectivity index is 1.50. The summed E-state index contributed by atoms with van der Waals surface area (Å²) in [7, 11) is -3.71. The van der Waals surface area contributed by atoms with Gasteiger partial charge in [0, 0.05) is 18.0 Å². The van der Waals surface area contributed by atoms with E-state index in [9.17, 15) is 13.2 Å². The number of amides is 1. The third kappa shape index (κ3) is 5.63. The summed E-state index contributed by atoms with van der Waals surface area (Å²) in [5, 5.41) is 7.25. The molecule has 0 saturated heterocycles. The maximum absolute atomic E-state index is 12.2. The normalized spacial score (nSPS) is 12.5. The molecule has 8 nitrogen and oxygen atoms in total. The standard InChI is InChI=1S/C19H20ClN5O3S/c1-14(15-5-7-17(8-6-15)25-13-21-12-22-25)24-19(26)9-10-23-29(27,28)18-4-2-3-16(20)11-18/h2-8,11-14,23H,9-10H2,1H3,(H,24,26). The Morgan fingerprint density at radius 3 is 2.62 bits per heavy atom. The zero-order chi connectivity index (χ0) is 20.9. The van der Waals surface area contributed by atoms with Crippen LogP contribution in [0.4, 0.5) is 0 Å². The van der Waals surface area contributed by atoms with Crippen molar-refractivity contribution in [2.45, 2.75) is 24.3 Å². The minimum Gasteiger partial charge on any atom is -0.350 e. The van der Waals surface area contributed by atoms with Crippen LogP contribution in [0.15, 0.2) is 66.1 Å². The van der Waals surface area contributed by atoms with Gasteiger partial charge in [0.05, 0.1) is 16.6 Å². The summed E-state index contributed by atoms with van der Waals surface area (Å²) in [6.07, 6.45) is 3.07. The summed E-state index contributed by atoms with van der Waals surface area (Å²) >= 11 is 5.83. The Labute approximate surface area is 174 Å². The monoisotopic (exact) mass is 433 g/mol. The van der Waals surface area contributed by atoms with Gasteiger partial charge in [0.15, 0.2) is 0 Å². The van der Waals surface area contributed by atoms with Crippen molar-refractivity contribution in [3.63, 3.8) is 0 Å². The number of nitrogens with one attached hydrogen (secondary N) is 2. The number of rotatable bonds is 8. The first-order valence-corrected chi connectivity index (χ1v) is 10.7. The highest BCUT2D eigenvalue weighted by molar-refractivity contribution is 7.89. The zero-order valence-electron chi connectivity index (χ0n) is 15.6. The molecule has 29 heavy (non-hydrogen) atoms. The fourth-order valence-electron chi connectivity index (χ4n) is 2.67. The number of sulfonamides is 1. The highest BCUT2D eigenvalue weighted by Crippen LogP contribution is 2.16. The van der Waals surface area contributed by atoms with Crippen molar-refractivity contribution >= 4 is 27.5 Å². The minimum atomic E-state index is -3.71. The molecule has 0 bridgehead atoms. The van der Waals surface area contributed by atoms with E-state index in [1.807, 2.05) is 31.2 Å². The van der Waals surface area contributed by atoms with E-state index in [4.69, 9.17) is 11.6 Å². The summed E-state index contributed by atoms with van der Waals surface area (Å²) < 4.78 is 28.5.